The quantitative estimate of drug-likeness (QED) is 0.563. The first-order valence-corrected chi connectivity index (χ1v) is 11.0. The van der Waals surface area contributed by atoms with Crippen molar-refractivity contribution in [1.82, 2.24) is 19.7 Å². The molecule has 0 spiro atoms. The number of halogens is 1. The minimum absolute atomic E-state index is 0.0958. The maximum atomic E-state index is 12.4. The minimum atomic E-state index is -0.0958. The third kappa shape index (κ3) is 5.60. The number of nitrogens with one attached hydrogen (secondary N) is 1. The molecule has 1 saturated heterocycles. The second kappa shape index (κ2) is 10.1. The van der Waals surface area contributed by atoms with Gasteiger partial charge >= 0.3 is 0 Å². The average Bonchev–Trinajstić information content (AvgIpc) is 3.23. The van der Waals surface area contributed by atoms with E-state index in [-0.39, 0.29) is 11.7 Å². The van der Waals surface area contributed by atoms with E-state index in [4.69, 9.17) is 16.3 Å². The maximum absolute atomic E-state index is 12.4. The summed E-state index contributed by atoms with van der Waals surface area (Å²) >= 11 is 7.39. The Morgan fingerprint density at radius 3 is 2.73 bits per heavy atom. The monoisotopic (exact) mass is 443 g/mol. The Balaban J connectivity index is 1.30. The van der Waals surface area contributed by atoms with Crippen LogP contribution in [0.4, 0.5) is 5.69 Å². The molecule has 0 aliphatic carbocycles. The van der Waals surface area contributed by atoms with Crippen LogP contribution in [0.1, 0.15) is 5.56 Å². The fourth-order valence-corrected chi connectivity index (χ4v) is 4.08. The SMILES string of the molecule is O=C(CSc1nncn1-c1cccc(Cl)c1)Nc1ccc(CN2CCOCC2)cc1. The third-order valence-electron chi connectivity index (χ3n) is 4.68. The molecule has 4 rings (SSSR count). The lowest BCUT2D eigenvalue weighted by atomic mass is 10.2. The molecule has 1 aromatic heterocycles. The van der Waals surface area contributed by atoms with Crippen LogP contribution in [0.5, 0.6) is 0 Å². The van der Waals surface area contributed by atoms with Crippen LogP contribution in [0.15, 0.2) is 60.0 Å². The molecule has 1 fully saturated rings. The van der Waals surface area contributed by atoms with Crippen molar-refractivity contribution >= 4 is 35.0 Å². The summed E-state index contributed by atoms with van der Waals surface area (Å²) in [7, 11) is 0. The number of aromatic nitrogens is 3. The van der Waals surface area contributed by atoms with Crippen molar-refractivity contribution < 1.29 is 9.53 Å². The summed E-state index contributed by atoms with van der Waals surface area (Å²) in [5.41, 5.74) is 2.85. The number of carbonyl (C=O) groups is 1. The van der Waals surface area contributed by atoms with Gasteiger partial charge in [0.15, 0.2) is 5.16 Å². The van der Waals surface area contributed by atoms with Gasteiger partial charge in [-0.3, -0.25) is 14.3 Å². The van der Waals surface area contributed by atoms with Crippen molar-refractivity contribution in [3.8, 4) is 5.69 Å². The number of nitrogens with zero attached hydrogens (tertiary/aromatic N) is 4. The van der Waals surface area contributed by atoms with Gasteiger partial charge < -0.3 is 10.1 Å². The van der Waals surface area contributed by atoms with Crippen LogP contribution in [0, 0.1) is 0 Å². The fraction of sp³-hybridized carbons (Fsp3) is 0.286. The highest BCUT2D eigenvalue weighted by Crippen LogP contribution is 2.22. The fourth-order valence-electron chi connectivity index (χ4n) is 3.16. The number of hydrogen-bond donors (Lipinski definition) is 1. The van der Waals surface area contributed by atoms with Crippen LogP contribution >= 0.6 is 23.4 Å². The van der Waals surface area contributed by atoms with Crippen LogP contribution < -0.4 is 5.32 Å². The molecule has 156 valence electrons. The summed E-state index contributed by atoms with van der Waals surface area (Å²) in [5.74, 6) is 0.135. The van der Waals surface area contributed by atoms with Gasteiger partial charge in [0.05, 0.1) is 24.7 Å². The number of hydrogen-bond acceptors (Lipinski definition) is 6. The van der Waals surface area contributed by atoms with E-state index in [0.29, 0.717) is 10.2 Å². The Bertz CT molecular complexity index is 989. The molecule has 1 N–H and O–H groups in total. The number of anilines is 1. The van der Waals surface area contributed by atoms with E-state index >= 15 is 0 Å². The zero-order valence-corrected chi connectivity index (χ0v) is 17.9. The molecule has 0 atom stereocenters. The summed E-state index contributed by atoms with van der Waals surface area (Å²) < 4.78 is 7.19. The zero-order chi connectivity index (χ0) is 20.8. The zero-order valence-electron chi connectivity index (χ0n) is 16.3. The first-order chi connectivity index (χ1) is 14.7. The highest BCUT2D eigenvalue weighted by atomic mass is 35.5. The van der Waals surface area contributed by atoms with Crippen molar-refractivity contribution in [3.05, 3.63) is 65.4 Å². The smallest absolute Gasteiger partial charge is 0.234 e. The Kier molecular flexibility index (Phi) is 7.01. The first-order valence-electron chi connectivity index (χ1n) is 9.65. The van der Waals surface area contributed by atoms with E-state index in [0.717, 1.165) is 44.2 Å². The molecule has 9 heteroatoms. The number of benzene rings is 2. The van der Waals surface area contributed by atoms with E-state index in [1.807, 2.05) is 53.1 Å². The van der Waals surface area contributed by atoms with Crippen LogP contribution in [0.25, 0.3) is 5.69 Å². The summed E-state index contributed by atoms with van der Waals surface area (Å²) in [4.78, 5) is 14.7. The topological polar surface area (TPSA) is 72.3 Å². The Morgan fingerprint density at radius 1 is 1.17 bits per heavy atom. The predicted octanol–water partition coefficient (Wildman–Crippen LogP) is 3.48. The molecule has 0 bridgehead atoms. The summed E-state index contributed by atoms with van der Waals surface area (Å²) in [6.45, 7) is 4.38. The molecule has 0 unspecified atom stereocenters. The van der Waals surface area contributed by atoms with Gasteiger partial charge in [-0.15, -0.1) is 10.2 Å². The Labute approximate surface area is 184 Å². The van der Waals surface area contributed by atoms with Crippen molar-refractivity contribution in [1.29, 1.82) is 0 Å². The van der Waals surface area contributed by atoms with Gasteiger partial charge in [-0.05, 0) is 35.9 Å². The number of thioether (sulfide) groups is 1. The third-order valence-corrected chi connectivity index (χ3v) is 5.86. The summed E-state index contributed by atoms with van der Waals surface area (Å²) in [6.07, 6.45) is 1.61. The van der Waals surface area contributed by atoms with Gasteiger partial charge in [0.1, 0.15) is 6.33 Å². The highest BCUT2D eigenvalue weighted by molar-refractivity contribution is 7.99. The predicted molar refractivity (Wildman–Crippen MR) is 118 cm³/mol. The van der Waals surface area contributed by atoms with Crippen LogP contribution in [0.3, 0.4) is 0 Å². The second-order valence-electron chi connectivity index (χ2n) is 6.89. The molecular formula is C21H22ClN5O2S. The van der Waals surface area contributed by atoms with Crippen molar-refractivity contribution in [2.45, 2.75) is 11.7 Å². The second-order valence-corrected chi connectivity index (χ2v) is 8.26. The lowest BCUT2D eigenvalue weighted by Gasteiger charge is -2.26. The number of carbonyl (C=O) groups excluding carboxylic acids is 1. The largest absolute Gasteiger partial charge is 0.379 e. The van der Waals surface area contributed by atoms with Gasteiger partial charge in [-0.1, -0.05) is 41.6 Å². The van der Waals surface area contributed by atoms with E-state index in [2.05, 4.69) is 20.4 Å². The van der Waals surface area contributed by atoms with Gasteiger partial charge in [0, 0.05) is 30.3 Å². The van der Waals surface area contributed by atoms with E-state index < -0.39 is 0 Å². The molecule has 1 aliphatic rings. The lowest BCUT2D eigenvalue weighted by Crippen LogP contribution is -2.35. The number of rotatable bonds is 7. The number of ether oxygens (including phenoxy) is 1. The van der Waals surface area contributed by atoms with Crippen molar-refractivity contribution in [3.63, 3.8) is 0 Å². The maximum Gasteiger partial charge on any atom is 0.234 e. The lowest BCUT2D eigenvalue weighted by molar-refractivity contribution is -0.113. The summed E-state index contributed by atoms with van der Waals surface area (Å²) in [5, 5.41) is 12.3. The number of morpholine rings is 1. The molecule has 0 radical (unpaired) electrons. The molecule has 2 heterocycles. The van der Waals surface area contributed by atoms with Crippen molar-refractivity contribution in [2.75, 3.05) is 37.4 Å². The van der Waals surface area contributed by atoms with Crippen molar-refractivity contribution in [2.24, 2.45) is 0 Å². The Hall–Kier alpha value is -2.39. The van der Waals surface area contributed by atoms with Gasteiger partial charge in [0.25, 0.3) is 0 Å². The summed E-state index contributed by atoms with van der Waals surface area (Å²) in [6, 6.07) is 15.4. The van der Waals surface area contributed by atoms with E-state index in [1.165, 1.54) is 17.3 Å². The average molecular weight is 444 g/mol. The van der Waals surface area contributed by atoms with Gasteiger partial charge in [0.2, 0.25) is 5.91 Å². The molecule has 1 amide bonds. The molecule has 1 aliphatic heterocycles. The molecule has 3 aromatic rings. The van der Waals surface area contributed by atoms with Crippen LogP contribution in [0.2, 0.25) is 5.02 Å². The molecule has 7 nitrogen and oxygen atoms in total. The van der Waals surface area contributed by atoms with E-state index in [9.17, 15) is 4.79 Å². The molecule has 30 heavy (non-hydrogen) atoms. The van der Waals surface area contributed by atoms with Crippen LogP contribution in [-0.4, -0.2) is 57.6 Å². The first kappa shape index (κ1) is 20.9. The standard InChI is InChI=1S/C21H22ClN5O2S/c22-17-2-1-3-19(12-17)27-15-23-25-21(27)30-14-20(28)24-18-6-4-16(5-7-18)13-26-8-10-29-11-9-26/h1-7,12,15H,8-11,13-14H2,(H,24,28). The Morgan fingerprint density at radius 2 is 1.97 bits per heavy atom. The molecule has 0 saturated carbocycles. The number of amides is 1. The van der Waals surface area contributed by atoms with Crippen LogP contribution in [-0.2, 0) is 16.1 Å². The molecule has 2 aromatic carbocycles. The normalized spacial score (nSPS) is 14.6. The van der Waals surface area contributed by atoms with Gasteiger partial charge in [-0.25, -0.2) is 0 Å². The van der Waals surface area contributed by atoms with Gasteiger partial charge in [-0.2, -0.15) is 0 Å². The highest BCUT2D eigenvalue weighted by Gasteiger charge is 2.12. The molecular weight excluding hydrogens is 422 g/mol. The minimum Gasteiger partial charge on any atom is -0.379 e. The van der Waals surface area contributed by atoms with E-state index in [1.54, 1.807) is 6.33 Å².